The van der Waals surface area contributed by atoms with E-state index in [0.29, 0.717) is 18.4 Å². The Balaban J connectivity index is 4.56. The van der Waals surface area contributed by atoms with Crippen LogP contribution < -0.4 is 5.73 Å². The van der Waals surface area contributed by atoms with Crippen molar-refractivity contribution in [2.75, 3.05) is 19.6 Å². The summed E-state index contributed by atoms with van der Waals surface area (Å²) in [6.45, 7) is 12.9. The Morgan fingerprint density at radius 3 is 2.06 bits per heavy atom. The molecule has 1 unspecified atom stereocenters. The van der Waals surface area contributed by atoms with Gasteiger partial charge in [-0.15, -0.1) is 0 Å². The number of carbonyl (C=O) groups is 1. The molecule has 1 amide bonds. The van der Waals surface area contributed by atoms with Gasteiger partial charge in [-0.25, -0.2) is 0 Å². The largest absolute Gasteiger partial charge is 0.342 e. The molecule has 108 valence electrons. The molecule has 0 aliphatic rings. The van der Waals surface area contributed by atoms with E-state index in [4.69, 9.17) is 5.73 Å². The molecule has 0 aliphatic carbocycles. The van der Waals surface area contributed by atoms with Crippen molar-refractivity contribution in [1.82, 2.24) is 4.90 Å². The van der Waals surface area contributed by atoms with Crippen molar-refractivity contribution in [3.63, 3.8) is 0 Å². The minimum absolute atomic E-state index is 0.000637. The van der Waals surface area contributed by atoms with Gasteiger partial charge in [-0.3, -0.25) is 4.79 Å². The lowest BCUT2D eigenvalue weighted by atomic mass is 9.95. The zero-order chi connectivity index (χ0) is 14.1. The molecule has 0 saturated carbocycles. The maximum absolute atomic E-state index is 12.5. The zero-order valence-electron chi connectivity index (χ0n) is 12.9. The van der Waals surface area contributed by atoms with Gasteiger partial charge in [-0.05, 0) is 25.2 Å². The van der Waals surface area contributed by atoms with Crippen LogP contribution in [0.2, 0.25) is 0 Å². The average molecular weight is 256 g/mol. The molecule has 3 nitrogen and oxygen atoms in total. The molecule has 0 heterocycles. The molecular weight excluding hydrogens is 224 g/mol. The van der Waals surface area contributed by atoms with Crippen LogP contribution in [0.1, 0.15) is 53.9 Å². The van der Waals surface area contributed by atoms with Gasteiger partial charge in [0, 0.05) is 19.6 Å². The Labute approximate surface area is 113 Å². The first-order valence-electron chi connectivity index (χ1n) is 7.48. The highest BCUT2D eigenvalue weighted by Crippen LogP contribution is 2.16. The van der Waals surface area contributed by atoms with Crippen molar-refractivity contribution in [3.8, 4) is 0 Å². The van der Waals surface area contributed by atoms with E-state index in [9.17, 15) is 4.79 Å². The Hall–Kier alpha value is -0.570. The third kappa shape index (κ3) is 5.85. The number of amides is 1. The van der Waals surface area contributed by atoms with Crippen LogP contribution in [0.5, 0.6) is 0 Å². The number of hydrogen-bond acceptors (Lipinski definition) is 2. The van der Waals surface area contributed by atoms with Crippen LogP contribution in [0, 0.1) is 17.8 Å². The van der Waals surface area contributed by atoms with E-state index in [2.05, 4.69) is 34.6 Å². The minimum atomic E-state index is -0.000637. The summed E-state index contributed by atoms with van der Waals surface area (Å²) in [6.07, 6.45) is 3.17. The summed E-state index contributed by atoms with van der Waals surface area (Å²) < 4.78 is 0. The van der Waals surface area contributed by atoms with Crippen LogP contribution in [0.15, 0.2) is 0 Å². The molecule has 0 bridgehead atoms. The molecule has 1 atom stereocenters. The molecule has 0 aliphatic heterocycles. The van der Waals surface area contributed by atoms with E-state index in [1.807, 2.05) is 4.90 Å². The van der Waals surface area contributed by atoms with Crippen LogP contribution in [0.4, 0.5) is 0 Å². The first-order valence-corrected chi connectivity index (χ1v) is 7.48. The molecule has 0 radical (unpaired) electrons. The van der Waals surface area contributed by atoms with Gasteiger partial charge in [0.25, 0.3) is 0 Å². The minimum Gasteiger partial charge on any atom is -0.342 e. The molecule has 0 fully saturated rings. The van der Waals surface area contributed by atoms with Gasteiger partial charge in [0.05, 0.1) is 5.92 Å². The second-order valence-electron chi connectivity index (χ2n) is 5.62. The second-order valence-corrected chi connectivity index (χ2v) is 5.62. The lowest BCUT2D eigenvalue weighted by molar-refractivity contribution is -0.136. The summed E-state index contributed by atoms with van der Waals surface area (Å²) in [4.78, 5) is 14.5. The topological polar surface area (TPSA) is 46.3 Å². The highest BCUT2D eigenvalue weighted by Gasteiger charge is 2.24. The monoisotopic (exact) mass is 256 g/mol. The van der Waals surface area contributed by atoms with E-state index >= 15 is 0 Å². The number of rotatable bonds is 9. The van der Waals surface area contributed by atoms with Crippen molar-refractivity contribution in [2.24, 2.45) is 23.5 Å². The van der Waals surface area contributed by atoms with E-state index in [1.165, 1.54) is 0 Å². The Morgan fingerprint density at radius 2 is 1.72 bits per heavy atom. The lowest BCUT2D eigenvalue weighted by Crippen LogP contribution is -2.42. The fourth-order valence-electron chi connectivity index (χ4n) is 2.36. The van der Waals surface area contributed by atoms with Gasteiger partial charge in [-0.2, -0.15) is 0 Å². The summed E-state index contributed by atoms with van der Waals surface area (Å²) in [5, 5.41) is 0. The van der Waals surface area contributed by atoms with Crippen molar-refractivity contribution in [3.05, 3.63) is 0 Å². The number of nitrogens with zero attached hydrogens (tertiary/aromatic N) is 1. The molecule has 0 saturated heterocycles. The predicted octanol–water partition coefficient (Wildman–Crippen LogP) is 2.89. The Morgan fingerprint density at radius 1 is 1.17 bits per heavy atom. The molecule has 0 aromatic carbocycles. The highest BCUT2D eigenvalue weighted by atomic mass is 16.2. The maximum Gasteiger partial charge on any atom is 0.226 e. The average Bonchev–Trinajstić information content (AvgIpc) is 2.36. The third-order valence-electron chi connectivity index (χ3n) is 3.72. The molecule has 3 heteroatoms. The zero-order valence-corrected chi connectivity index (χ0v) is 12.9. The van der Waals surface area contributed by atoms with E-state index < -0.39 is 0 Å². The quantitative estimate of drug-likeness (QED) is 0.689. The summed E-state index contributed by atoms with van der Waals surface area (Å²) in [5.41, 5.74) is 5.76. The SMILES string of the molecule is CCC(CC)CN(CC)C(=O)C(CN)CC(C)C. The predicted molar refractivity (Wildman–Crippen MR) is 78.3 cm³/mol. The molecule has 18 heavy (non-hydrogen) atoms. The number of hydrogen-bond donors (Lipinski definition) is 1. The lowest BCUT2D eigenvalue weighted by Gasteiger charge is -2.29. The van der Waals surface area contributed by atoms with Crippen molar-refractivity contribution >= 4 is 5.91 Å². The van der Waals surface area contributed by atoms with Crippen LogP contribution >= 0.6 is 0 Å². The maximum atomic E-state index is 12.5. The number of nitrogens with two attached hydrogens (primary N) is 1. The summed E-state index contributed by atoms with van der Waals surface area (Å²) in [5.74, 6) is 1.39. The van der Waals surface area contributed by atoms with Crippen LogP contribution in [0.25, 0.3) is 0 Å². The van der Waals surface area contributed by atoms with Crippen LogP contribution in [-0.4, -0.2) is 30.4 Å². The standard InChI is InChI=1S/C15H32N2O/c1-6-13(7-2)11-17(8-3)15(18)14(10-16)9-12(4)5/h12-14H,6-11,16H2,1-5H3. The third-order valence-corrected chi connectivity index (χ3v) is 3.72. The molecule has 0 spiro atoms. The van der Waals surface area contributed by atoms with E-state index in [-0.39, 0.29) is 11.8 Å². The first-order chi connectivity index (χ1) is 8.49. The summed E-state index contributed by atoms with van der Waals surface area (Å²) >= 11 is 0. The summed E-state index contributed by atoms with van der Waals surface area (Å²) in [6, 6.07) is 0. The summed E-state index contributed by atoms with van der Waals surface area (Å²) in [7, 11) is 0. The Bertz CT molecular complexity index is 225. The second kappa shape index (κ2) is 9.37. The van der Waals surface area contributed by atoms with Gasteiger partial charge < -0.3 is 10.6 Å². The molecule has 0 rings (SSSR count). The van der Waals surface area contributed by atoms with Crippen molar-refractivity contribution in [2.45, 2.75) is 53.9 Å². The Kier molecular flexibility index (Phi) is 9.08. The number of carbonyl (C=O) groups excluding carboxylic acids is 1. The fraction of sp³-hybridized carbons (Fsp3) is 0.933. The first kappa shape index (κ1) is 17.4. The molecule has 2 N–H and O–H groups in total. The van der Waals surface area contributed by atoms with Crippen LogP contribution in [0.3, 0.4) is 0 Å². The fourth-order valence-corrected chi connectivity index (χ4v) is 2.36. The van der Waals surface area contributed by atoms with E-state index in [1.54, 1.807) is 0 Å². The van der Waals surface area contributed by atoms with Gasteiger partial charge in [0.2, 0.25) is 5.91 Å². The van der Waals surface area contributed by atoms with Crippen LogP contribution in [-0.2, 0) is 4.79 Å². The van der Waals surface area contributed by atoms with Crippen molar-refractivity contribution in [1.29, 1.82) is 0 Å². The van der Waals surface area contributed by atoms with Gasteiger partial charge >= 0.3 is 0 Å². The molecule has 0 aromatic heterocycles. The van der Waals surface area contributed by atoms with E-state index in [0.717, 1.165) is 32.4 Å². The molecular formula is C15H32N2O. The molecule has 0 aromatic rings. The highest BCUT2D eigenvalue weighted by molar-refractivity contribution is 5.79. The van der Waals surface area contributed by atoms with Gasteiger partial charge in [-0.1, -0.05) is 40.5 Å². The van der Waals surface area contributed by atoms with Crippen molar-refractivity contribution < 1.29 is 4.79 Å². The smallest absolute Gasteiger partial charge is 0.226 e. The normalized spacial score (nSPS) is 13.1. The van der Waals surface area contributed by atoms with Gasteiger partial charge in [0.15, 0.2) is 0 Å². The van der Waals surface area contributed by atoms with Gasteiger partial charge in [0.1, 0.15) is 0 Å².